The molecule has 5 aromatic carbocycles. The molecule has 1 heterocycles. The van der Waals surface area contributed by atoms with E-state index in [0.29, 0.717) is 18.8 Å². The van der Waals surface area contributed by atoms with Crippen molar-refractivity contribution < 1.29 is 9.53 Å². The Hall–Kier alpha value is -5.40. The standard InChI is InChI=1S/C39H37N5O2/c1-29(26-37(45)46-3)43(2)28-30-24-25-35(31-16-8-4-9-17-31)36(27-30)38-40-41-42-44(38)39(32-18-10-5-11-19-32,33-20-12-6-13-21-33)34-22-14-7-15-23-34/h4-25,27,29H,26,28H2,1-3H3/t29-/m0/s1. The number of aromatic nitrogens is 4. The van der Waals surface area contributed by atoms with E-state index in [1.807, 2.05) is 55.1 Å². The van der Waals surface area contributed by atoms with Crippen molar-refractivity contribution in [2.24, 2.45) is 0 Å². The van der Waals surface area contributed by atoms with Crippen LogP contribution in [0.1, 0.15) is 35.6 Å². The predicted octanol–water partition coefficient (Wildman–Crippen LogP) is 7.23. The first kappa shape index (κ1) is 30.6. The van der Waals surface area contributed by atoms with Gasteiger partial charge in [0.05, 0.1) is 13.5 Å². The number of ether oxygens (including phenoxy) is 1. The van der Waals surface area contributed by atoms with Crippen molar-refractivity contribution in [1.29, 1.82) is 0 Å². The molecule has 0 aliphatic carbocycles. The molecule has 6 rings (SSSR count). The highest BCUT2D eigenvalue weighted by atomic mass is 16.5. The largest absolute Gasteiger partial charge is 0.469 e. The molecule has 0 unspecified atom stereocenters. The van der Waals surface area contributed by atoms with Gasteiger partial charge in [0, 0.05) is 18.2 Å². The van der Waals surface area contributed by atoms with Crippen molar-refractivity contribution in [2.45, 2.75) is 31.5 Å². The third kappa shape index (κ3) is 5.97. The van der Waals surface area contributed by atoms with Gasteiger partial charge in [-0.15, -0.1) is 5.10 Å². The number of esters is 1. The van der Waals surface area contributed by atoms with Crippen LogP contribution in [0.25, 0.3) is 22.5 Å². The van der Waals surface area contributed by atoms with Crippen LogP contribution >= 0.6 is 0 Å². The van der Waals surface area contributed by atoms with E-state index < -0.39 is 5.54 Å². The molecule has 0 bridgehead atoms. The van der Waals surface area contributed by atoms with Crippen LogP contribution in [0.3, 0.4) is 0 Å². The number of nitrogens with zero attached hydrogens (tertiary/aromatic N) is 5. The van der Waals surface area contributed by atoms with Crippen molar-refractivity contribution in [3.05, 3.63) is 162 Å². The number of hydrogen-bond donors (Lipinski definition) is 0. The summed E-state index contributed by atoms with van der Waals surface area (Å²) in [5.74, 6) is 0.417. The molecule has 1 atom stereocenters. The van der Waals surface area contributed by atoms with Crippen LogP contribution in [0.5, 0.6) is 0 Å². The number of benzene rings is 5. The van der Waals surface area contributed by atoms with E-state index in [1.165, 1.54) is 7.11 Å². The summed E-state index contributed by atoms with van der Waals surface area (Å²) in [6.45, 7) is 2.66. The second-order valence-corrected chi connectivity index (χ2v) is 11.5. The zero-order valence-corrected chi connectivity index (χ0v) is 26.3. The van der Waals surface area contributed by atoms with E-state index in [1.54, 1.807) is 0 Å². The molecule has 230 valence electrons. The van der Waals surface area contributed by atoms with Crippen LogP contribution in [-0.4, -0.2) is 51.3 Å². The second-order valence-electron chi connectivity index (χ2n) is 11.5. The number of hydrogen-bond acceptors (Lipinski definition) is 6. The molecule has 0 aliphatic heterocycles. The first-order chi connectivity index (χ1) is 22.5. The number of tetrazole rings is 1. The fraction of sp³-hybridized carbons (Fsp3) is 0.179. The van der Waals surface area contributed by atoms with Gasteiger partial charge in [0.1, 0.15) is 5.54 Å². The van der Waals surface area contributed by atoms with Crippen molar-refractivity contribution in [3.8, 4) is 22.5 Å². The molecule has 0 N–H and O–H groups in total. The molecule has 0 fully saturated rings. The van der Waals surface area contributed by atoms with Gasteiger partial charge >= 0.3 is 5.97 Å². The van der Waals surface area contributed by atoms with Crippen LogP contribution in [0.15, 0.2) is 140 Å². The van der Waals surface area contributed by atoms with Crippen LogP contribution in [0.4, 0.5) is 0 Å². The summed E-state index contributed by atoms with van der Waals surface area (Å²) >= 11 is 0. The maximum absolute atomic E-state index is 12.0. The monoisotopic (exact) mass is 607 g/mol. The van der Waals surface area contributed by atoms with Crippen molar-refractivity contribution in [2.75, 3.05) is 14.2 Å². The van der Waals surface area contributed by atoms with Crippen LogP contribution in [0, 0.1) is 0 Å². The minimum atomic E-state index is -0.877. The molecular formula is C39H37N5O2. The van der Waals surface area contributed by atoms with Crippen LogP contribution in [0.2, 0.25) is 0 Å². The Morgan fingerprint density at radius 3 is 1.80 bits per heavy atom. The first-order valence-corrected chi connectivity index (χ1v) is 15.4. The summed E-state index contributed by atoms with van der Waals surface area (Å²) in [6, 6.07) is 48.0. The molecule has 46 heavy (non-hydrogen) atoms. The third-order valence-electron chi connectivity index (χ3n) is 8.65. The highest BCUT2D eigenvalue weighted by Gasteiger charge is 2.42. The molecule has 0 amide bonds. The number of carbonyl (C=O) groups is 1. The summed E-state index contributed by atoms with van der Waals surface area (Å²) < 4.78 is 6.89. The molecular weight excluding hydrogens is 570 g/mol. The Balaban J connectivity index is 1.58. The fourth-order valence-corrected chi connectivity index (χ4v) is 6.15. The van der Waals surface area contributed by atoms with Gasteiger partial charge in [-0.3, -0.25) is 9.69 Å². The maximum Gasteiger partial charge on any atom is 0.307 e. The van der Waals surface area contributed by atoms with E-state index in [-0.39, 0.29) is 12.0 Å². The van der Waals surface area contributed by atoms with Gasteiger partial charge in [0.25, 0.3) is 0 Å². The lowest BCUT2D eigenvalue weighted by molar-refractivity contribution is -0.141. The zero-order chi connectivity index (χ0) is 31.9. The summed E-state index contributed by atoms with van der Waals surface area (Å²) in [5, 5.41) is 13.9. The lowest BCUT2D eigenvalue weighted by atomic mass is 9.77. The van der Waals surface area contributed by atoms with E-state index in [2.05, 4.69) is 113 Å². The Morgan fingerprint density at radius 1 is 0.761 bits per heavy atom. The number of rotatable bonds is 11. The van der Waals surface area contributed by atoms with Crippen molar-refractivity contribution >= 4 is 5.97 Å². The molecule has 1 aromatic heterocycles. The van der Waals surface area contributed by atoms with E-state index >= 15 is 0 Å². The molecule has 0 saturated carbocycles. The molecule has 7 heteroatoms. The minimum absolute atomic E-state index is 0.00286. The highest BCUT2D eigenvalue weighted by molar-refractivity contribution is 5.81. The minimum Gasteiger partial charge on any atom is -0.469 e. The van der Waals surface area contributed by atoms with E-state index in [0.717, 1.165) is 38.9 Å². The number of carbonyl (C=O) groups excluding carboxylic acids is 1. The molecule has 0 aliphatic rings. The van der Waals surface area contributed by atoms with Gasteiger partial charge in [0.2, 0.25) is 0 Å². The SMILES string of the molecule is COC(=O)C[C@H](C)N(C)Cc1ccc(-c2ccccc2)c(-c2nnnn2C(c2ccccc2)(c2ccccc2)c2ccccc2)c1. The topological polar surface area (TPSA) is 73.1 Å². The number of methoxy groups -OCH3 is 1. The predicted molar refractivity (Wildman–Crippen MR) is 181 cm³/mol. The average molecular weight is 608 g/mol. The average Bonchev–Trinajstić information content (AvgIpc) is 3.60. The Morgan fingerprint density at radius 2 is 1.28 bits per heavy atom. The highest BCUT2D eigenvalue weighted by Crippen LogP contribution is 2.43. The first-order valence-electron chi connectivity index (χ1n) is 15.4. The zero-order valence-electron chi connectivity index (χ0n) is 26.3. The molecule has 7 nitrogen and oxygen atoms in total. The fourth-order valence-electron chi connectivity index (χ4n) is 6.15. The lowest BCUT2D eigenvalue weighted by Gasteiger charge is -2.36. The van der Waals surface area contributed by atoms with Crippen molar-refractivity contribution in [1.82, 2.24) is 25.1 Å². The van der Waals surface area contributed by atoms with Crippen LogP contribution in [-0.2, 0) is 21.6 Å². The lowest BCUT2D eigenvalue weighted by Crippen LogP contribution is -2.39. The second kappa shape index (κ2) is 13.7. The third-order valence-corrected chi connectivity index (χ3v) is 8.65. The van der Waals surface area contributed by atoms with Gasteiger partial charge in [-0.2, -0.15) is 0 Å². The Labute approximate surface area is 270 Å². The summed E-state index contributed by atoms with van der Waals surface area (Å²) in [6.07, 6.45) is 0.313. The van der Waals surface area contributed by atoms with Gasteiger partial charge in [-0.25, -0.2) is 4.68 Å². The van der Waals surface area contributed by atoms with Crippen molar-refractivity contribution in [3.63, 3.8) is 0 Å². The van der Waals surface area contributed by atoms with Gasteiger partial charge < -0.3 is 4.74 Å². The molecule has 0 saturated heterocycles. The normalized spacial score (nSPS) is 12.2. The molecule has 6 aromatic rings. The smallest absolute Gasteiger partial charge is 0.307 e. The van der Waals surface area contributed by atoms with E-state index in [4.69, 9.17) is 15.0 Å². The van der Waals surface area contributed by atoms with Gasteiger partial charge in [-0.1, -0.05) is 133 Å². The summed E-state index contributed by atoms with van der Waals surface area (Å²) in [5.41, 5.74) is 6.31. The summed E-state index contributed by atoms with van der Waals surface area (Å²) in [7, 11) is 3.45. The molecule has 0 radical (unpaired) electrons. The van der Waals surface area contributed by atoms with Crippen LogP contribution < -0.4 is 0 Å². The maximum atomic E-state index is 12.0. The van der Waals surface area contributed by atoms with E-state index in [9.17, 15) is 4.79 Å². The Kier molecular flexibility index (Phi) is 9.13. The molecule has 0 spiro atoms. The van der Waals surface area contributed by atoms with Gasteiger partial charge in [0.15, 0.2) is 5.82 Å². The summed E-state index contributed by atoms with van der Waals surface area (Å²) in [4.78, 5) is 14.2. The Bertz CT molecular complexity index is 1780. The van der Waals surface area contributed by atoms with Gasteiger partial charge in [-0.05, 0) is 63.8 Å². The quantitative estimate of drug-likeness (QED) is 0.114.